The molecule has 3 heteroatoms. The monoisotopic (exact) mass is 169 g/mol. The van der Waals surface area contributed by atoms with E-state index in [-0.39, 0.29) is 0 Å². The van der Waals surface area contributed by atoms with Crippen molar-refractivity contribution < 1.29 is 0 Å². The normalized spacial score (nSPS) is 17.1. The van der Waals surface area contributed by atoms with E-state index in [1.165, 1.54) is 0 Å². The molecule has 0 fully saturated rings. The summed E-state index contributed by atoms with van der Waals surface area (Å²) in [6, 6.07) is 0. The van der Waals surface area contributed by atoms with Crippen LogP contribution in [-0.4, -0.2) is 49.5 Å². The zero-order valence-electron chi connectivity index (χ0n) is 8.54. The first-order valence-corrected chi connectivity index (χ1v) is 4.58. The third-order valence-corrected chi connectivity index (χ3v) is 2.01. The van der Waals surface area contributed by atoms with E-state index in [2.05, 4.69) is 42.7 Å². The molecule has 12 heavy (non-hydrogen) atoms. The van der Waals surface area contributed by atoms with E-state index in [0.717, 1.165) is 25.6 Å². The van der Waals surface area contributed by atoms with E-state index >= 15 is 0 Å². The van der Waals surface area contributed by atoms with Crippen molar-refractivity contribution in [3.05, 3.63) is 0 Å². The van der Waals surface area contributed by atoms with E-state index in [0.29, 0.717) is 5.92 Å². The second kappa shape index (κ2) is 3.78. The van der Waals surface area contributed by atoms with Gasteiger partial charge in [0, 0.05) is 27.2 Å². The van der Waals surface area contributed by atoms with Crippen molar-refractivity contribution >= 4 is 5.96 Å². The molecule has 0 amide bonds. The molecule has 0 saturated carbocycles. The molecule has 1 rings (SSSR count). The van der Waals surface area contributed by atoms with Crippen LogP contribution in [0.4, 0.5) is 0 Å². The molecule has 0 aromatic carbocycles. The van der Waals surface area contributed by atoms with Crippen molar-refractivity contribution in [1.29, 1.82) is 0 Å². The molecular formula is C9H19N3. The van der Waals surface area contributed by atoms with Crippen LogP contribution in [0.15, 0.2) is 4.99 Å². The maximum atomic E-state index is 4.44. The molecule has 0 aliphatic carbocycles. The smallest absolute Gasteiger partial charge is 0.196 e. The molecule has 0 spiro atoms. The quantitative estimate of drug-likeness (QED) is 0.611. The lowest BCUT2D eigenvalue weighted by molar-refractivity contribution is 0.375. The lowest BCUT2D eigenvalue weighted by Crippen LogP contribution is -2.39. The summed E-state index contributed by atoms with van der Waals surface area (Å²) in [6.07, 6.45) is 0. The summed E-state index contributed by atoms with van der Waals surface area (Å²) in [5.74, 6) is 1.84. The van der Waals surface area contributed by atoms with E-state index in [1.807, 2.05) is 0 Å². The topological polar surface area (TPSA) is 18.8 Å². The Labute approximate surface area is 75.1 Å². The molecule has 0 saturated heterocycles. The van der Waals surface area contributed by atoms with Crippen LogP contribution in [0.25, 0.3) is 0 Å². The van der Waals surface area contributed by atoms with Gasteiger partial charge in [-0.15, -0.1) is 0 Å². The van der Waals surface area contributed by atoms with Crippen molar-refractivity contribution in [2.24, 2.45) is 10.9 Å². The summed E-state index contributed by atoms with van der Waals surface area (Å²) in [7, 11) is 4.21. The summed E-state index contributed by atoms with van der Waals surface area (Å²) >= 11 is 0. The molecule has 3 nitrogen and oxygen atoms in total. The van der Waals surface area contributed by atoms with Gasteiger partial charge in [0.25, 0.3) is 0 Å². The van der Waals surface area contributed by atoms with Crippen LogP contribution in [0.5, 0.6) is 0 Å². The zero-order chi connectivity index (χ0) is 9.14. The average molecular weight is 169 g/mol. The Morgan fingerprint density at radius 2 is 2.25 bits per heavy atom. The number of likely N-dealkylation sites (N-methyl/N-ethyl adjacent to an activating group) is 1. The van der Waals surface area contributed by atoms with Gasteiger partial charge in [-0.25, -0.2) is 0 Å². The first-order valence-electron chi connectivity index (χ1n) is 4.58. The minimum atomic E-state index is 0.701. The van der Waals surface area contributed by atoms with Gasteiger partial charge in [0.2, 0.25) is 0 Å². The molecule has 0 N–H and O–H groups in total. The number of guanidine groups is 1. The van der Waals surface area contributed by atoms with E-state index in [4.69, 9.17) is 0 Å². The summed E-state index contributed by atoms with van der Waals surface area (Å²) < 4.78 is 0. The molecule has 0 aromatic rings. The number of nitrogens with zero attached hydrogens (tertiary/aromatic N) is 3. The number of rotatable bonds is 2. The molecule has 0 atom stereocenters. The molecular weight excluding hydrogens is 150 g/mol. The Bertz CT molecular complexity index is 175. The SMILES string of the molecule is CC(C)CN(C)C1=NCCN1C. The summed E-state index contributed by atoms with van der Waals surface area (Å²) in [4.78, 5) is 8.88. The van der Waals surface area contributed by atoms with Crippen LogP contribution in [0, 0.1) is 5.92 Å². The molecule has 0 aromatic heterocycles. The van der Waals surface area contributed by atoms with Gasteiger partial charge >= 0.3 is 0 Å². The van der Waals surface area contributed by atoms with Gasteiger partial charge in [-0.1, -0.05) is 13.8 Å². The fourth-order valence-corrected chi connectivity index (χ4v) is 1.56. The second-order valence-corrected chi connectivity index (χ2v) is 3.88. The standard InChI is InChI=1S/C9H19N3/c1-8(2)7-12(4)9-10-5-6-11(9)3/h8H,5-7H2,1-4H3. The Morgan fingerprint density at radius 3 is 2.67 bits per heavy atom. The van der Waals surface area contributed by atoms with E-state index in [9.17, 15) is 0 Å². The van der Waals surface area contributed by atoms with Crippen LogP contribution in [0.3, 0.4) is 0 Å². The van der Waals surface area contributed by atoms with Crippen molar-refractivity contribution in [2.75, 3.05) is 33.7 Å². The van der Waals surface area contributed by atoms with E-state index < -0.39 is 0 Å². The third kappa shape index (κ3) is 2.13. The Kier molecular flexibility index (Phi) is 2.95. The van der Waals surface area contributed by atoms with Crippen molar-refractivity contribution in [1.82, 2.24) is 9.80 Å². The minimum absolute atomic E-state index is 0.701. The number of hydrogen-bond donors (Lipinski definition) is 0. The van der Waals surface area contributed by atoms with Gasteiger partial charge < -0.3 is 9.80 Å². The predicted molar refractivity (Wildman–Crippen MR) is 52.4 cm³/mol. The molecule has 0 bridgehead atoms. The van der Waals surface area contributed by atoms with Crippen molar-refractivity contribution in [2.45, 2.75) is 13.8 Å². The highest BCUT2D eigenvalue weighted by atomic mass is 15.4. The van der Waals surface area contributed by atoms with Gasteiger partial charge in [-0.05, 0) is 5.92 Å². The summed E-state index contributed by atoms with van der Waals surface area (Å²) in [5, 5.41) is 0. The number of hydrogen-bond acceptors (Lipinski definition) is 3. The lowest BCUT2D eigenvalue weighted by Gasteiger charge is -2.26. The van der Waals surface area contributed by atoms with Gasteiger partial charge in [-0.2, -0.15) is 0 Å². The van der Waals surface area contributed by atoms with Crippen LogP contribution >= 0.6 is 0 Å². The fraction of sp³-hybridized carbons (Fsp3) is 0.889. The van der Waals surface area contributed by atoms with Gasteiger partial charge in [0.15, 0.2) is 5.96 Å². The molecule has 0 unspecified atom stereocenters. The fourth-order valence-electron chi connectivity index (χ4n) is 1.56. The molecule has 1 aliphatic heterocycles. The lowest BCUT2D eigenvalue weighted by atomic mass is 10.2. The highest BCUT2D eigenvalue weighted by Gasteiger charge is 2.16. The molecule has 0 radical (unpaired) electrons. The predicted octanol–water partition coefficient (Wildman–Crippen LogP) is 0.876. The van der Waals surface area contributed by atoms with Gasteiger partial charge in [-0.3, -0.25) is 4.99 Å². The first kappa shape index (κ1) is 9.36. The Hall–Kier alpha value is -0.730. The Morgan fingerprint density at radius 1 is 1.58 bits per heavy atom. The van der Waals surface area contributed by atoms with Crippen molar-refractivity contribution in [3.63, 3.8) is 0 Å². The van der Waals surface area contributed by atoms with Crippen LogP contribution < -0.4 is 0 Å². The second-order valence-electron chi connectivity index (χ2n) is 3.88. The third-order valence-electron chi connectivity index (χ3n) is 2.01. The molecule has 1 heterocycles. The largest absolute Gasteiger partial charge is 0.346 e. The molecule has 70 valence electrons. The highest BCUT2D eigenvalue weighted by molar-refractivity contribution is 5.81. The Balaban J connectivity index is 2.46. The van der Waals surface area contributed by atoms with Gasteiger partial charge in [0.1, 0.15) is 0 Å². The van der Waals surface area contributed by atoms with Crippen LogP contribution in [0.2, 0.25) is 0 Å². The molecule has 1 aliphatic rings. The zero-order valence-corrected chi connectivity index (χ0v) is 8.54. The minimum Gasteiger partial charge on any atom is -0.346 e. The maximum absolute atomic E-state index is 4.44. The average Bonchev–Trinajstić information content (AvgIpc) is 2.33. The van der Waals surface area contributed by atoms with Crippen LogP contribution in [-0.2, 0) is 0 Å². The van der Waals surface area contributed by atoms with Crippen molar-refractivity contribution in [3.8, 4) is 0 Å². The van der Waals surface area contributed by atoms with Crippen LogP contribution in [0.1, 0.15) is 13.8 Å². The van der Waals surface area contributed by atoms with Gasteiger partial charge in [0.05, 0.1) is 6.54 Å². The first-order chi connectivity index (χ1) is 5.61. The van der Waals surface area contributed by atoms with E-state index in [1.54, 1.807) is 0 Å². The maximum Gasteiger partial charge on any atom is 0.196 e. The summed E-state index contributed by atoms with van der Waals surface area (Å²) in [6.45, 7) is 7.56. The summed E-state index contributed by atoms with van der Waals surface area (Å²) in [5.41, 5.74) is 0. The highest BCUT2D eigenvalue weighted by Crippen LogP contribution is 2.04. The number of aliphatic imine (C=N–C) groups is 1.